The van der Waals surface area contributed by atoms with Gasteiger partial charge in [0.25, 0.3) is 5.89 Å². The van der Waals surface area contributed by atoms with Gasteiger partial charge in [-0.05, 0) is 48.5 Å². The molecule has 112 valence electrons. The van der Waals surface area contributed by atoms with Gasteiger partial charge in [0.05, 0.1) is 7.11 Å². The molecule has 3 rings (SSSR count). The third-order valence-corrected chi connectivity index (χ3v) is 3.23. The fourth-order valence-electron chi connectivity index (χ4n) is 1.84. The monoisotopic (exact) mass is 316 g/mol. The van der Waals surface area contributed by atoms with Gasteiger partial charge in [0.2, 0.25) is 5.89 Å². The first-order chi connectivity index (χ1) is 10.7. The molecule has 0 radical (unpaired) electrons. The number of nitrogens with zero attached hydrogens (tertiary/aromatic N) is 2. The first kappa shape index (κ1) is 14.4. The molecule has 6 heteroatoms. The Morgan fingerprint density at radius 2 is 1.64 bits per heavy atom. The van der Waals surface area contributed by atoms with Gasteiger partial charge in [-0.3, -0.25) is 0 Å². The van der Waals surface area contributed by atoms with Crippen molar-refractivity contribution in [3.05, 3.63) is 59.4 Å². The minimum absolute atomic E-state index is 0.201. The minimum Gasteiger partial charge on any atom is -0.497 e. The van der Waals surface area contributed by atoms with Crippen LogP contribution in [0.5, 0.6) is 11.5 Å². The lowest BCUT2D eigenvalue weighted by Gasteiger charge is -2.04. The zero-order chi connectivity index (χ0) is 15.4. The lowest BCUT2D eigenvalue weighted by atomic mass is 10.2. The zero-order valence-electron chi connectivity index (χ0n) is 11.8. The van der Waals surface area contributed by atoms with E-state index < -0.39 is 0 Å². The highest BCUT2D eigenvalue weighted by atomic mass is 35.5. The molecule has 22 heavy (non-hydrogen) atoms. The molecule has 0 saturated carbocycles. The van der Waals surface area contributed by atoms with E-state index in [4.69, 9.17) is 25.5 Å². The summed E-state index contributed by atoms with van der Waals surface area (Å²) >= 11 is 5.85. The standard InChI is InChI=1S/C16H13ClN2O3/c1-20-13-6-8-14(9-7-13)21-10-15-18-19-16(22-15)11-2-4-12(17)5-3-11/h2-9H,10H2,1H3. The van der Waals surface area contributed by atoms with Gasteiger partial charge < -0.3 is 13.9 Å². The van der Waals surface area contributed by atoms with Crippen molar-refractivity contribution in [1.82, 2.24) is 10.2 Å². The van der Waals surface area contributed by atoms with Crippen LogP contribution in [0.3, 0.4) is 0 Å². The van der Waals surface area contributed by atoms with Crippen LogP contribution >= 0.6 is 11.6 Å². The molecule has 0 unspecified atom stereocenters. The summed E-state index contributed by atoms with van der Waals surface area (Å²) in [5, 5.41) is 8.62. The second-order valence-electron chi connectivity index (χ2n) is 4.47. The van der Waals surface area contributed by atoms with Gasteiger partial charge in [-0.15, -0.1) is 10.2 Å². The zero-order valence-corrected chi connectivity index (χ0v) is 12.6. The largest absolute Gasteiger partial charge is 0.497 e. The average Bonchev–Trinajstić information content (AvgIpc) is 3.03. The van der Waals surface area contributed by atoms with Crippen molar-refractivity contribution < 1.29 is 13.9 Å². The van der Waals surface area contributed by atoms with Crippen molar-refractivity contribution in [1.29, 1.82) is 0 Å². The van der Waals surface area contributed by atoms with E-state index in [1.165, 1.54) is 0 Å². The van der Waals surface area contributed by atoms with Gasteiger partial charge in [-0.1, -0.05) is 11.6 Å². The van der Waals surface area contributed by atoms with E-state index in [9.17, 15) is 0 Å². The summed E-state index contributed by atoms with van der Waals surface area (Å²) in [4.78, 5) is 0. The fraction of sp³-hybridized carbons (Fsp3) is 0.125. The van der Waals surface area contributed by atoms with E-state index >= 15 is 0 Å². The fourth-order valence-corrected chi connectivity index (χ4v) is 1.96. The summed E-state index contributed by atoms with van der Waals surface area (Å²) in [6.45, 7) is 0.201. The molecule has 0 fully saturated rings. The summed E-state index contributed by atoms with van der Waals surface area (Å²) in [6, 6.07) is 14.5. The Hall–Kier alpha value is -2.53. The van der Waals surface area contributed by atoms with Gasteiger partial charge in [0, 0.05) is 10.6 Å². The third kappa shape index (κ3) is 3.38. The first-order valence-corrected chi connectivity index (χ1v) is 6.97. The molecule has 0 aliphatic rings. The maximum absolute atomic E-state index is 5.85. The van der Waals surface area contributed by atoms with Crippen LogP contribution in [-0.2, 0) is 6.61 Å². The number of hydrogen-bond donors (Lipinski definition) is 0. The molecule has 1 aromatic heterocycles. The van der Waals surface area contributed by atoms with Crippen LogP contribution in [0, 0.1) is 0 Å². The van der Waals surface area contributed by atoms with Gasteiger partial charge in [-0.2, -0.15) is 0 Å². The van der Waals surface area contributed by atoms with Gasteiger partial charge >= 0.3 is 0 Å². The molecule has 0 spiro atoms. The predicted octanol–water partition coefficient (Wildman–Crippen LogP) is 3.98. The Kier molecular flexibility index (Phi) is 4.25. The van der Waals surface area contributed by atoms with Gasteiger partial charge in [-0.25, -0.2) is 0 Å². The molecule has 0 aliphatic carbocycles. The number of aromatic nitrogens is 2. The van der Waals surface area contributed by atoms with Crippen LogP contribution in [-0.4, -0.2) is 17.3 Å². The van der Waals surface area contributed by atoms with E-state index in [2.05, 4.69) is 10.2 Å². The molecule has 1 heterocycles. The number of benzene rings is 2. The SMILES string of the molecule is COc1ccc(OCc2nnc(-c3ccc(Cl)cc3)o2)cc1. The summed E-state index contributed by atoms with van der Waals surface area (Å²) in [7, 11) is 1.62. The average molecular weight is 317 g/mol. The minimum atomic E-state index is 0.201. The van der Waals surface area contributed by atoms with Crippen molar-refractivity contribution in [3.8, 4) is 23.0 Å². The maximum atomic E-state index is 5.85. The number of halogens is 1. The van der Waals surface area contributed by atoms with E-state index in [0.717, 1.165) is 11.3 Å². The lowest BCUT2D eigenvalue weighted by Crippen LogP contribution is -1.95. The Labute approximate surface area is 132 Å². The predicted molar refractivity (Wildman–Crippen MR) is 82.1 cm³/mol. The summed E-state index contributed by atoms with van der Waals surface area (Å²) < 4.78 is 16.2. The Morgan fingerprint density at radius 1 is 0.955 bits per heavy atom. The Balaban J connectivity index is 1.65. The van der Waals surface area contributed by atoms with E-state index in [1.807, 2.05) is 36.4 Å². The molecule has 0 amide bonds. The highest BCUT2D eigenvalue weighted by Crippen LogP contribution is 2.21. The molecule has 3 aromatic rings. The van der Waals surface area contributed by atoms with Gasteiger partial charge in [0.15, 0.2) is 6.61 Å². The Bertz CT molecular complexity index is 739. The molecule has 2 aromatic carbocycles. The molecule has 0 aliphatic heterocycles. The van der Waals surface area contributed by atoms with E-state index in [-0.39, 0.29) is 6.61 Å². The highest BCUT2D eigenvalue weighted by molar-refractivity contribution is 6.30. The smallest absolute Gasteiger partial charge is 0.254 e. The topological polar surface area (TPSA) is 57.4 Å². The number of rotatable bonds is 5. The summed E-state index contributed by atoms with van der Waals surface area (Å²) in [5.41, 5.74) is 0.813. The maximum Gasteiger partial charge on any atom is 0.254 e. The normalized spacial score (nSPS) is 10.5. The van der Waals surface area contributed by atoms with Crippen molar-refractivity contribution in [2.24, 2.45) is 0 Å². The molecule has 0 bridgehead atoms. The van der Waals surface area contributed by atoms with Crippen molar-refractivity contribution in [2.45, 2.75) is 6.61 Å². The van der Waals surface area contributed by atoms with E-state index in [1.54, 1.807) is 19.2 Å². The lowest BCUT2D eigenvalue weighted by molar-refractivity contribution is 0.264. The third-order valence-electron chi connectivity index (χ3n) is 2.98. The van der Waals surface area contributed by atoms with Crippen molar-refractivity contribution >= 4 is 11.6 Å². The summed E-state index contributed by atoms with van der Waals surface area (Å²) in [6.07, 6.45) is 0. The van der Waals surface area contributed by atoms with Crippen LogP contribution < -0.4 is 9.47 Å². The number of ether oxygens (including phenoxy) is 2. The van der Waals surface area contributed by atoms with E-state index in [0.29, 0.717) is 22.6 Å². The molecule has 5 nitrogen and oxygen atoms in total. The number of methoxy groups -OCH3 is 1. The van der Waals surface area contributed by atoms with Crippen LogP contribution in [0.25, 0.3) is 11.5 Å². The van der Waals surface area contributed by atoms with Gasteiger partial charge in [0.1, 0.15) is 11.5 Å². The second-order valence-corrected chi connectivity index (χ2v) is 4.91. The molecular weight excluding hydrogens is 304 g/mol. The second kappa shape index (κ2) is 6.49. The molecule has 0 saturated heterocycles. The molecular formula is C16H13ClN2O3. The first-order valence-electron chi connectivity index (χ1n) is 6.60. The van der Waals surface area contributed by atoms with Crippen LogP contribution in [0.4, 0.5) is 0 Å². The quantitative estimate of drug-likeness (QED) is 0.712. The molecule has 0 atom stereocenters. The Morgan fingerprint density at radius 3 is 2.32 bits per heavy atom. The van der Waals surface area contributed by atoms with Crippen LogP contribution in [0.15, 0.2) is 52.9 Å². The van der Waals surface area contributed by atoms with Crippen molar-refractivity contribution in [3.63, 3.8) is 0 Å². The van der Waals surface area contributed by atoms with Crippen LogP contribution in [0.1, 0.15) is 5.89 Å². The van der Waals surface area contributed by atoms with Crippen molar-refractivity contribution in [2.75, 3.05) is 7.11 Å². The van der Waals surface area contributed by atoms with Crippen LogP contribution in [0.2, 0.25) is 5.02 Å². The summed E-state index contributed by atoms with van der Waals surface area (Å²) in [5.74, 6) is 2.31. The molecule has 0 N–H and O–H groups in total. The number of hydrogen-bond acceptors (Lipinski definition) is 5. The highest BCUT2D eigenvalue weighted by Gasteiger charge is 2.09.